The molecule has 2 nitrogen and oxygen atoms in total. The summed E-state index contributed by atoms with van der Waals surface area (Å²) in [5.74, 6) is 0.436. The highest BCUT2D eigenvalue weighted by atomic mass is 19.1. The molecule has 1 aromatic rings. The van der Waals surface area contributed by atoms with Crippen LogP contribution in [0.1, 0.15) is 45.1 Å². The minimum Gasteiger partial charge on any atom is -0.363 e. The maximum atomic E-state index is 14.5. The van der Waals surface area contributed by atoms with Crippen molar-refractivity contribution >= 4 is 5.69 Å². The summed E-state index contributed by atoms with van der Waals surface area (Å²) in [4.78, 5) is 2.36. The molecule has 0 amide bonds. The van der Waals surface area contributed by atoms with E-state index in [0.29, 0.717) is 12.0 Å². The average Bonchev–Trinajstić information content (AvgIpc) is 2.86. The van der Waals surface area contributed by atoms with Gasteiger partial charge in [0, 0.05) is 24.7 Å². The van der Waals surface area contributed by atoms with Crippen LogP contribution in [-0.4, -0.2) is 24.7 Å². The van der Waals surface area contributed by atoms with Crippen molar-refractivity contribution in [2.24, 2.45) is 5.92 Å². The lowest BCUT2D eigenvalue weighted by molar-refractivity contribution is 0.244. The Morgan fingerprint density at radius 1 is 1.29 bits per heavy atom. The van der Waals surface area contributed by atoms with Crippen LogP contribution in [-0.2, 0) is 0 Å². The molecule has 1 saturated carbocycles. The van der Waals surface area contributed by atoms with Gasteiger partial charge in [-0.1, -0.05) is 38.8 Å². The van der Waals surface area contributed by atoms with E-state index in [4.69, 9.17) is 0 Å². The molecule has 1 aliphatic carbocycles. The molecule has 116 valence electrons. The molecule has 1 heterocycles. The zero-order valence-electron chi connectivity index (χ0n) is 13.5. The van der Waals surface area contributed by atoms with Crippen molar-refractivity contribution in [3.63, 3.8) is 0 Å². The third-order valence-corrected chi connectivity index (χ3v) is 5.37. The first-order valence-corrected chi connectivity index (χ1v) is 8.29. The Kier molecular flexibility index (Phi) is 3.96. The van der Waals surface area contributed by atoms with E-state index in [9.17, 15) is 4.39 Å². The first-order chi connectivity index (χ1) is 10.0. The summed E-state index contributed by atoms with van der Waals surface area (Å²) in [7, 11) is 0. The summed E-state index contributed by atoms with van der Waals surface area (Å²) in [6, 6.07) is 5.81. The molecular weight excluding hydrogens is 263 g/mol. The molecule has 1 N–H and O–H groups in total. The molecule has 1 aliphatic heterocycles. The van der Waals surface area contributed by atoms with Crippen LogP contribution in [0.3, 0.4) is 0 Å². The van der Waals surface area contributed by atoms with Gasteiger partial charge in [-0.25, -0.2) is 4.39 Å². The van der Waals surface area contributed by atoms with E-state index in [1.807, 2.05) is 19.1 Å². The van der Waals surface area contributed by atoms with E-state index in [2.05, 4.69) is 24.1 Å². The van der Waals surface area contributed by atoms with E-state index in [1.54, 1.807) is 6.07 Å². The molecule has 1 unspecified atom stereocenters. The summed E-state index contributed by atoms with van der Waals surface area (Å²) >= 11 is 0. The van der Waals surface area contributed by atoms with Gasteiger partial charge in [0.05, 0.1) is 5.69 Å². The third kappa shape index (κ3) is 2.68. The standard InChI is InChI=1S/C18H27FN2/c1-13(2)16-11-20-18(9-4-5-10-18)12-21(16)17-14(3)7-6-8-15(17)19/h6-8,13,16,20H,4-5,9-12H2,1-3H3. The lowest BCUT2D eigenvalue weighted by Gasteiger charge is -2.49. The van der Waals surface area contributed by atoms with Crippen molar-refractivity contribution in [2.45, 2.75) is 58.0 Å². The number of rotatable bonds is 2. The van der Waals surface area contributed by atoms with Gasteiger partial charge in [0.25, 0.3) is 0 Å². The molecule has 1 saturated heterocycles. The Morgan fingerprint density at radius 2 is 2.00 bits per heavy atom. The van der Waals surface area contributed by atoms with E-state index < -0.39 is 0 Å². The second-order valence-corrected chi connectivity index (χ2v) is 7.21. The van der Waals surface area contributed by atoms with E-state index in [-0.39, 0.29) is 11.4 Å². The van der Waals surface area contributed by atoms with Crippen molar-refractivity contribution in [3.8, 4) is 0 Å². The van der Waals surface area contributed by atoms with Gasteiger partial charge in [-0.2, -0.15) is 0 Å². The molecular formula is C18H27FN2. The molecule has 1 spiro atoms. The third-order valence-electron chi connectivity index (χ3n) is 5.37. The second kappa shape index (κ2) is 5.60. The quantitative estimate of drug-likeness (QED) is 0.889. The van der Waals surface area contributed by atoms with Gasteiger partial charge < -0.3 is 10.2 Å². The summed E-state index contributed by atoms with van der Waals surface area (Å²) < 4.78 is 14.5. The molecule has 0 bridgehead atoms. The van der Waals surface area contributed by atoms with Crippen molar-refractivity contribution in [1.82, 2.24) is 5.32 Å². The number of nitrogens with one attached hydrogen (secondary N) is 1. The number of hydrogen-bond acceptors (Lipinski definition) is 2. The minimum absolute atomic E-state index is 0.0734. The molecule has 1 aromatic carbocycles. The Labute approximate surface area is 127 Å². The molecule has 0 aromatic heterocycles. The van der Waals surface area contributed by atoms with Gasteiger partial charge in [-0.05, 0) is 37.3 Å². The lowest BCUT2D eigenvalue weighted by atomic mass is 9.88. The maximum Gasteiger partial charge on any atom is 0.146 e. The Hall–Kier alpha value is -1.09. The number of aryl methyl sites for hydroxylation is 1. The SMILES string of the molecule is Cc1cccc(F)c1N1CC2(CCCC2)NCC1C(C)C. The summed E-state index contributed by atoms with van der Waals surface area (Å²) in [5.41, 5.74) is 2.08. The van der Waals surface area contributed by atoms with Crippen LogP contribution in [0.15, 0.2) is 18.2 Å². The summed E-state index contributed by atoms with van der Waals surface area (Å²) in [6.07, 6.45) is 5.04. The predicted octanol–water partition coefficient (Wildman–Crippen LogP) is 3.88. The Morgan fingerprint density at radius 3 is 2.62 bits per heavy atom. The first kappa shape index (κ1) is 14.8. The number of halogens is 1. The fraction of sp³-hybridized carbons (Fsp3) is 0.667. The van der Waals surface area contributed by atoms with Gasteiger partial charge in [-0.3, -0.25) is 0 Å². The smallest absolute Gasteiger partial charge is 0.146 e. The molecule has 2 aliphatic rings. The van der Waals surface area contributed by atoms with Crippen LogP contribution >= 0.6 is 0 Å². The zero-order chi connectivity index (χ0) is 15.0. The molecule has 0 radical (unpaired) electrons. The topological polar surface area (TPSA) is 15.3 Å². The molecule has 2 fully saturated rings. The number of piperazine rings is 1. The largest absolute Gasteiger partial charge is 0.363 e. The van der Waals surface area contributed by atoms with Gasteiger partial charge in [0.2, 0.25) is 0 Å². The molecule has 1 atom stereocenters. The minimum atomic E-state index is -0.0734. The van der Waals surface area contributed by atoms with Crippen molar-refractivity contribution in [1.29, 1.82) is 0 Å². The van der Waals surface area contributed by atoms with Crippen LogP contribution in [0.2, 0.25) is 0 Å². The van der Waals surface area contributed by atoms with E-state index >= 15 is 0 Å². The second-order valence-electron chi connectivity index (χ2n) is 7.21. The number of nitrogens with zero attached hydrogens (tertiary/aromatic N) is 1. The molecule has 21 heavy (non-hydrogen) atoms. The van der Waals surface area contributed by atoms with Crippen molar-refractivity contribution in [3.05, 3.63) is 29.6 Å². The predicted molar refractivity (Wildman–Crippen MR) is 86.3 cm³/mol. The van der Waals surface area contributed by atoms with Crippen LogP contribution in [0, 0.1) is 18.7 Å². The van der Waals surface area contributed by atoms with Crippen LogP contribution in [0.5, 0.6) is 0 Å². The van der Waals surface area contributed by atoms with Gasteiger partial charge in [-0.15, -0.1) is 0 Å². The summed E-state index contributed by atoms with van der Waals surface area (Å²) in [6.45, 7) is 8.41. The first-order valence-electron chi connectivity index (χ1n) is 8.29. The fourth-order valence-electron chi connectivity index (χ4n) is 4.14. The Balaban J connectivity index is 1.97. The Bertz CT molecular complexity index is 486. The number of benzene rings is 1. The maximum absolute atomic E-state index is 14.5. The normalized spacial score (nSPS) is 25.0. The average molecular weight is 290 g/mol. The van der Waals surface area contributed by atoms with Crippen LogP contribution in [0.4, 0.5) is 10.1 Å². The van der Waals surface area contributed by atoms with Gasteiger partial charge in [0.15, 0.2) is 0 Å². The van der Waals surface area contributed by atoms with Crippen molar-refractivity contribution < 1.29 is 4.39 Å². The highest BCUT2D eigenvalue weighted by Crippen LogP contribution is 2.38. The fourth-order valence-corrected chi connectivity index (χ4v) is 4.14. The van der Waals surface area contributed by atoms with Gasteiger partial charge in [0.1, 0.15) is 5.82 Å². The highest BCUT2D eigenvalue weighted by Gasteiger charge is 2.42. The van der Waals surface area contributed by atoms with Crippen LogP contribution < -0.4 is 10.2 Å². The number of anilines is 1. The summed E-state index contributed by atoms with van der Waals surface area (Å²) in [5, 5.41) is 3.80. The number of para-hydroxylation sites is 1. The van der Waals surface area contributed by atoms with Crippen LogP contribution in [0.25, 0.3) is 0 Å². The monoisotopic (exact) mass is 290 g/mol. The molecule has 3 heteroatoms. The van der Waals surface area contributed by atoms with Gasteiger partial charge >= 0.3 is 0 Å². The zero-order valence-corrected chi connectivity index (χ0v) is 13.5. The highest BCUT2D eigenvalue weighted by molar-refractivity contribution is 5.56. The number of hydrogen-bond donors (Lipinski definition) is 1. The van der Waals surface area contributed by atoms with Crippen molar-refractivity contribution in [2.75, 3.05) is 18.0 Å². The lowest BCUT2D eigenvalue weighted by Crippen LogP contribution is -2.64. The molecule has 3 rings (SSSR count). The van der Waals surface area contributed by atoms with E-state index in [1.165, 1.54) is 25.7 Å². The van der Waals surface area contributed by atoms with E-state index in [0.717, 1.165) is 24.3 Å².